The van der Waals surface area contributed by atoms with E-state index >= 15 is 0 Å². The first kappa shape index (κ1) is 36.6. The number of benzene rings is 10. The number of fused-ring (bicyclic) bond motifs is 6. The molecule has 0 aliphatic heterocycles. The number of nitrogens with zero attached hydrogens (tertiary/aromatic N) is 1. The smallest absolute Gasteiger partial charge is 0.137 e. The molecule has 0 atom stereocenters. The van der Waals surface area contributed by atoms with Crippen molar-refractivity contribution in [3.8, 4) is 44.5 Å². The summed E-state index contributed by atoms with van der Waals surface area (Å²) in [6, 6.07) is 90.1. The first-order valence-corrected chi connectivity index (χ1v) is 21.7. The molecular weight excluding hydrogens is 763 g/mol. The SMILES string of the molecule is c1ccc(-c2ccc(N(c3ccc(-c4ccccc4)cc3)c3c4c(cc5oc6ccc(-c7ccccc7)cc6c35)C(c3ccccc3)(c3ccccc3)c3ccccc3-4)cc2)cc1. The lowest BCUT2D eigenvalue weighted by molar-refractivity contribution is 0.666. The molecule has 296 valence electrons. The third-order valence-corrected chi connectivity index (χ3v) is 12.9. The predicted octanol–water partition coefficient (Wildman–Crippen LogP) is 16.4. The maximum atomic E-state index is 7.12. The third-order valence-electron chi connectivity index (χ3n) is 12.9. The van der Waals surface area contributed by atoms with Gasteiger partial charge in [-0.3, -0.25) is 0 Å². The van der Waals surface area contributed by atoms with Gasteiger partial charge in [0.1, 0.15) is 11.2 Å². The van der Waals surface area contributed by atoms with Gasteiger partial charge in [-0.1, -0.05) is 206 Å². The third kappa shape index (κ3) is 5.95. The van der Waals surface area contributed by atoms with Crippen molar-refractivity contribution in [1.29, 1.82) is 0 Å². The van der Waals surface area contributed by atoms with E-state index in [1.165, 1.54) is 61.2 Å². The molecule has 2 nitrogen and oxygen atoms in total. The van der Waals surface area contributed by atoms with Crippen LogP contribution in [-0.4, -0.2) is 0 Å². The van der Waals surface area contributed by atoms with Crippen molar-refractivity contribution >= 4 is 39.0 Å². The van der Waals surface area contributed by atoms with Crippen molar-refractivity contribution in [2.75, 3.05) is 4.90 Å². The standard InChI is InChI=1S/C61H41NO/c1-6-18-42(19-7-1)45-30-35-50(36-31-45)62(51-37-32-46(33-38-51)43-20-8-2-9-21-43)60-58-52-28-16-17-29-54(52)61(48-24-12-4-13-25-48,49-26-14-5-15-27-49)55(58)41-57-59(60)53-40-47(34-39-56(53)63-57)44-22-10-3-11-23-44/h1-41H. The number of hydrogen-bond donors (Lipinski definition) is 0. The summed E-state index contributed by atoms with van der Waals surface area (Å²) in [6.45, 7) is 0. The van der Waals surface area contributed by atoms with Crippen LogP contribution in [0.25, 0.3) is 66.4 Å². The molecule has 0 fully saturated rings. The van der Waals surface area contributed by atoms with E-state index in [-0.39, 0.29) is 0 Å². The van der Waals surface area contributed by atoms with Gasteiger partial charge >= 0.3 is 0 Å². The number of hydrogen-bond acceptors (Lipinski definition) is 2. The molecule has 10 aromatic carbocycles. The van der Waals surface area contributed by atoms with Gasteiger partial charge in [0.05, 0.1) is 16.5 Å². The molecule has 0 radical (unpaired) electrons. The van der Waals surface area contributed by atoms with Crippen molar-refractivity contribution < 1.29 is 4.42 Å². The Morgan fingerprint density at radius 2 is 0.762 bits per heavy atom. The van der Waals surface area contributed by atoms with Gasteiger partial charge in [-0.25, -0.2) is 0 Å². The Balaban J connectivity index is 1.23. The minimum Gasteiger partial charge on any atom is -0.456 e. The quantitative estimate of drug-likeness (QED) is 0.152. The van der Waals surface area contributed by atoms with Crippen LogP contribution < -0.4 is 4.90 Å². The van der Waals surface area contributed by atoms with Crippen LogP contribution in [0.5, 0.6) is 0 Å². The van der Waals surface area contributed by atoms with Gasteiger partial charge in [-0.2, -0.15) is 0 Å². The molecular formula is C61H41NO. The molecule has 12 rings (SSSR count). The lowest BCUT2D eigenvalue weighted by atomic mass is 9.67. The fourth-order valence-corrected chi connectivity index (χ4v) is 10.1. The summed E-state index contributed by atoms with van der Waals surface area (Å²) in [4.78, 5) is 2.48. The predicted molar refractivity (Wildman–Crippen MR) is 262 cm³/mol. The molecule has 0 bridgehead atoms. The van der Waals surface area contributed by atoms with E-state index in [1.807, 2.05) is 0 Å². The summed E-state index contributed by atoms with van der Waals surface area (Å²) in [6.07, 6.45) is 0. The first-order valence-electron chi connectivity index (χ1n) is 21.7. The van der Waals surface area contributed by atoms with E-state index in [1.54, 1.807) is 0 Å². The van der Waals surface area contributed by atoms with Gasteiger partial charge in [0.15, 0.2) is 0 Å². The molecule has 0 unspecified atom stereocenters. The maximum absolute atomic E-state index is 7.12. The summed E-state index contributed by atoms with van der Waals surface area (Å²) >= 11 is 0. The van der Waals surface area contributed by atoms with Crippen LogP contribution in [0.1, 0.15) is 22.3 Å². The number of rotatable bonds is 8. The molecule has 63 heavy (non-hydrogen) atoms. The Hall–Kier alpha value is -8.20. The van der Waals surface area contributed by atoms with Crippen molar-refractivity contribution in [2.24, 2.45) is 0 Å². The second-order valence-corrected chi connectivity index (χ2v) is 16.4. The molecule has 1 aliphatic rings. The average molecular weight is 804 g/mol. The topological polar surface area (TPSA) is 16.4 Å². The van der Waals surface area contributed by atoms with E-state index in [9.17, 15) is 0 Å². The molecule has 1 aromatic heterocycles. The molecule has 0 spiro atoms. The molecule has 0 amide bonds. The minimum atomic E-state index is -0.633. The zero-order chi connectivity index (χ0) is 41.7. The van der Waals surface area contributed by atoms with E-state index in [2.05, 4.69) is 254 Å². The zero-order valence-corrected chi connectivity index (χ0v) is 34.5. The van der Waals surface area contributed by atoms with Crippen molar-refractivity contribution in [2.45, 2.75) is 5.41 Å². The van der Waals surface area contributed by atoms with Crippen LogP contribution in [0, 0.1) is 0 Å². The van der Waals surface area contributed by atoms with Crippen molar-refractivity contribution in [1.82, 2.24) is 0 Å². The fourth-order valence-electron chi connectivity index (χ4n) is 10.1. The second-order valence-electron chi connectivity index (χ2n) is 16.4. The molecule has 1 heterocycles. The Labute approximate surface area is 367 Å². The zero-order valence-electron chi connectivity index (χ0n) is 34.5. The molecule has 0 saturated carbocycles. The van der Waals surface area contributed by atoms with Gasteiger partial charge in [0.2, 0.25) is 0 Å². The van der Waals surface area contributed by atoms with E-state index < -0.39 is 5.41 Å². The Morgan fingerprint density at radius 3 is 1.29 bits per heavy atom. The van der Waals surface area contributed by atoms with Crippen molar-refractivity contribution in [3.63, 3.8) is 0 Å². The van der Waals surface area contributed by atoms with Crippen molar-refractivity contribution in [3.05, 3.63) is 271 Å². The van der Waals surface area contributed by atoms with Crippen LogP contribution in [-0.2, 0) is 5.41 Å². The monoisotopic (exact) mass is 803 g/mol. The summed E-state index contributed by atoms with van der Waals surface area (Å²) in [5, 5.41) is 2.15. The Morgan fingerprint density at radius 1 is 0.333 bits per heavy atom. The highest BCUT2D eigenvalue weighted by molar-refractivity contribution is 6.20. The summed E-state index contributed by atoms with van der Waals surface area (Å²) in [7, 11) is 0. The van der Waals surface area contributed by atoms with Gasteiger partial charge in [-0.05, 0) is 104 Å². The highest BCUT2D eigenvalue weighted by Gasteiger charge is 2.48. The van der Waals surface area contributed by atoms with Crippen LogP contribution in [0.4, 0.5) is 17.1 Å². The van der Waals surface area contributed by atoms with E-state index in [0.29, 0.717) is 0 Å². The first-order chi connectivity index (χ1) is 31.3. The lowest BCUT2D eigenvalue weighted by Crippen LogP contribution is -2.28. The van der Waals surface area contributed by atoms with Crippen LogP contribution in [0.2, 0.25) is 0 Å². The number of anilines is 3. The molecule has 0 N–H and O–H groups in total. The molecule has 0 saturated heterocycles. The summed E-state index contributed by atoms with van der Waals surface area (Å²) in [5.41, 5.74) is 18.5. The average Bonchev–Trinajstić information content (AvgIpc) is 3.89. The Kier molecular flexibility index (Phi) is 8.76. The van der Waals surface area contributed by atoms with E-state index in [4.69, 9.17) is 4.42 Å². The fraction of sp³-hybridized carbons (Fsp3) is 0.0164. The second kappa shape index (κ2) is 15.1. The van der Waals surface area contributed by atoms with Gasteiger partial charge in [0.25, 0.3) is 0 Å². The highest BCUT2D eigenvalue weighted by atomic mass is 16.3. The normalized spacial score (nSPS) is 12.6. The van der Waals surface area contributed by atoms with Crippen LogP contribution in [0.15, 0.2) is 253 Å². The largest absolute Gasteiger partial charge is 0.456 e. The Bertz CT molecular complexity index is 3270. The summed E-state index contributed by atoms with van der Waals surface area (Å²) < 4.78 is 7.12. The minimum absolute atomic E-state index is 0.633. The van der Waals surface area contributed by atoms with Gasteiger partial charge < -0.3 is 9.32 Å². The number of furan rings is 1. The summed E-state index contributed by atoms with van der Waals surface area (Å²) in [5.74, 6) is 0. The lowest BCUT2D eigenvalue weighted by Gasteiger charge is -2.34. The van der Waals surface area contributed by atoms with Gasteiger partial charge in [0, 0.05) is 22.3 Å². The van der Waals surface area contributed by atoms with Crippen LogP contribution in [0.3, 0.4) is 0 Å². The van der Waals surface area contributed by atoms with Crippen LogP contribution >= 0.6 is 0 Å². The highest BCUT2D eigenvalue weighted by Crippen LogP contribution is 2.62. The molecule has 1 aliphatic carbocycles. The van der Waals surface area contributed by atoms with E-state index in [0.717, 1.165) is 44.6 Å². The molecule has 11 aromatic rings. The maximum Gasteiger partial charge on any atom is 0.137 e. The molecule has 2 heteroatoms. The van der Waals surface area contributed by atoms with Gasteiger partial charge in [-0.15, -0.1) is 0 Å².